The van der Waals surface area contributed by atoms with Crippen LogP contribution in [0.4, 0.5) is 0 Å². The number of amides is 1. The predicted molar refractivity (Wildman–Crippen MR) is 71.0 cm³/mol. The first-order chi connectivity index (χ1) is 8.84. The molecule has 0 saturated carbocycles. The summed E-state index contributed by atoms with van der Waals surface area (Å²) in [7, 11) is 0. The van der Waals surface area contributed by atoms with Crippen molar-refractivity contribution in [3.63, 3.8) is 0 Å². The fourth-order valence-electron chi connectivity index (χ4n) is 1.83. The van der Waals surface area contributed by atoms with Crippen LogP contribution in [0.25, 0.3) is 0 Å². The summed E-state index contributed by atoms with van der Waals surface area (Å²) in [5, 5.41) is 0. The molecule has 86 valence electrons. The third kappa shape index (κ3) is 1.86. The third-order valence-electron chi connectivity index (χ3n) is 2.71. The van der Waals surface area contributed by atoms with Crippen LogP contribution in [0.1, 0.15) is 11.1 Å². The standard InChI is InChI=1S/C15H10N2O/c18-15-13(11-7-3-1-4-8-11)16-14(17-15)12-9-5-2-6-10-12/h1-10H. The van der Waals surface area contributed by atoms with Gasteiger partial charge in [0.1, 0.15) is 5.71 Å². The Hall–Kier alpha value is -2.55. The van der Waals surface area contributed by atoms with E-state index in [9.17, 15) is 4.79 Å². The van der Waals surface area contributed by atoms with E-state index >= 15 is 0 Å². The lowest BCUT2D eigenvalue weighted by Gasteiger charge is -1.96. The highest BCUT2D eigenvalue weighted by Gasteiger charge is 2.21. The van der Waals surface area contributed by atoms with Crippen LogP contribution in [0.5, 0.6) is 0 Å². The molecule has 18 heavy (non-hydrogen) atoms. The van der Waals surface area contributed by atoms with Gasteiger partial charge in [-0.25, -0.2) is 4.99 Å². The number of hydrogen-bond donors (Lipinski definition) is 0. The predicted octanol–water partition coefficient (Wildman–Crippen LogP) is 2.46. The first-order valence-electron chi connectivity index (χ1n) is 5.67. The minimum absolute atomic E-state index is 0.278. The van der Waals surface area contributed by atoms with Crippen molar-refractivity contribution in [1.82, 2.24) is 0 Å². The first-order valence-corrected chi connectivity index (χ1v) is 5.67. The molecule has 1 heterocycles. The summed E-state index contributed by atoms with van der Waals surface area (Å²) < 4.78 is 0. The molecule has 0 radical (unpaired) electrons. The summed E-state index contributed by atoms with van der Waals surface area (Å²) in [4.78, 5) is 20.2. The Bertz CT molecular complexity index is 602. The van der Waals surface area contributed by atoms with Gasteiger partial charge in [-0.2, -0.15) is 4.99 Å². The molecule has 0 unspecified atom stereocenters. The van der Waals surface area contributed by atoms with Crippen LogP contribution in [-0.2, 0) is 4.79 Å². The van der Waals surface area contributed by atoms with E-state index in [0.717, 1.165) is 11.1 Å². The lowest BCUT2D eigenvalue weighted by atomic mass is 10.1. The average molecular weight is 234 g/mol. The van der Waals surface area contributed by atoms with Gasteiger partial charge in [0.05, 0.1) is 0 Å². The second kappa shape index (κ2) is 4.37. The van der Waals surface area contributed by atoms with Crippen LogP contribution in [-0.4, -0.2) is 17.5 Å². The maximum Gasteiger partial charge on any atom is 0.298 e. The van der Waals surface area contributed by atoms with Gasteiger partial charge in [0.25, 0.3) is 5.91 Å². The third-order valence-corrected chi connectivity index (χ3v) is 2.71. The Labute approximate surface area is 105 Å². The van der Waals surface area contributed by atoms with Gasteiger partial charge < -0.3 is 0 Å². The van der Waals surface area contributed by atoms with Crippen LogP contribution < -0.4 is 0 Å². The molecule has 0 aliphatic carbocycles. The molecule has 1 aliphatic rings. The fraction of sp³-hybridized carbons (Fsp3) is 0. The van der Waals surface area contributed by atoms with Crippen molar-refractivity contribution in [2.24, 2.45) is 9.98 Å². The molecule has 3 rings (SSSR count). The van der Waals surface area contributed by atoms with Gasteiger partial charge in [-0.05, 0) is 0 Å². The van der Waals surface area contributed by atoms with Gasteiger partial charge in [0, 0.05) is 11.1 Å². The van der Waals surface area contributed by atoms with E-state index in [4.69, 9.17) is 0 Å². The van der Waals surface area contributed by atoms with Crippen molar-refractivity contribution in [2.45, 2.75) is 0 Å². The van der Waals surface area contributed by atoms with Crippen molar-refractivity contribution < 1.29 is 4.79 Å². The van der Waals surface area contributed by atoms with E-state index in [-0.39, 0.29) is 5.91 Å². The number of amidine groups is 1. The maximum absolute atomic E-state index is 11.8. The molecule has 3 heteroatoms. The topological polar surface area (TPSA) is 41.8 Å². The van der Waals surface area contributed by atoms with Crippen molar-refractivity contribution in [3.8, 4) is 0 Å². The van der Waals surface area contributed by atoms with Crippen LogP contribution in [0.3, 0.4) is 0 Å². The van der Waals surface area contributed by atoms with E-state index in [2.05, 4.69) is 9.98 Å². The quantitative estimate of drug-likeness (QED) is 0.787. The Morgan fingerprint density at radius 3 is 1.83 bits per heavy atom. The van der Waals surface area contributed by atoms with E-state index in [0.29, 0.717) is 11.5 Å². The molecule has 1 aliphatic heterocycles. The van der Waals surface area contributed by atoms with Gasteiger partial charge in [-0.1, -0.05) is 60.7 Å². The van der Waals surface area contributed by atoms with Crippen LogP contribution in [0.2, 0.25) is 0 Å². The van der Waals surface area contributed by atoms with E-state index in [1.165, 1.54) is 0 Å². The molecule has 0 bridgehead atoms. The highest BCUT2D eigenvalue weighted by Crippen LogP contribution is 2.13. The second-order valence-electron chi connectivity index (χ2n) is 3.93. The zero-order valence-corrected chi connectivity index (χ0v) is 9.58. The van der Waals surface area contributed by atoms with Gasteiger partial charge in [-0.3, -0.25) is 4.79 Å². The number of aliphatic imine (C=N–C) groups is 2. The Balaban J connectivity index is 2.00. The number of rotatable bonds is 2. The average Bonchev–Trinajstić information content (AvgIpc) is 2.83. The molecular weight excluding hydrogens is 224 g/mol. The molecule has 0 fully saturated rings. The molecule has 2 aromatic carbocycles. The maximum atomic E-state index is 11.8. The van der Waals surface area contributed by atoms with Gasteiger partial charge in [0.15, 0.2) is 5.84 Å². The monoisotopic (exact) mass is 234 g/mol. The molecule has 0 N–H and O–H groups in total. The summed E-state index contributed by atoms with van der Waals surface area (Å²) in [6.45, 7) is 0. The van der Waals surface area contributed by atoms with Crippen molar-refractivity contribution >= 4 is 17.5 Å². The highest BCUT2D eigenvalue weighted by atomic mass is 16.1. The number of carbonyl (C=O) groups excluding carboxylic acids is 1. The van der Waals surface area contributed by atoms with Crippen LogP contribution in [0.15, 0.2) is 70.6 Å². The fourth-order valence-corrected chi connectivity index (χ4v) is 1.83. The molecule has 0 spiro atoms. The summed E-state index contributed by atoms with van der Waals surface area (Å²) in [5.41, 5.74) is 2.07. The molecule has 0 atom stereocenters. The first kappa shape index (κ1) is 10.6. The molecule has 2 aromatic rings. The zero-order valence-electron chi connectivity index (χ0n) is 9.58. The van der Waals surface area contributed by atoms with E-state index in [1.54, 1.807) is 0 Å². The van der Waals surface area contributed by atoms with Gasteiger partial charge in [-0.15, -0.1) is 0 Å². The largest absolute Gasteiger partial charge is 0.298 e. The minimum atomic E-state index is -0.278. The minimum Gasteiger partial charge on any atom is -0.265 e. The van der Waals surface area contributed by atoms with E-state index < -0.39 is 0 Å². The van der Waals surface area contributed by atoms with Crippen LogP contribution >= 0.6 is 0 Å². The van der Waals surface area contributed by atoms with Crippen molar-refractivity contribution in [3.05, 3.63) is 71.8 Å². The summed E-state index contributed by atoms with van der Waals surface area (Å²) in [6, 6.07) is 18.9. The smallest absolute Gasteiger partial charge is 0.265 e. The number of carbonyl (C=O) groups is 1. The molecule has 0 aromatic heterocycles. The Kier molecular flexibility index (Phi) is 2.57. The Morgan fingerprint density at radius 1 is 0.667 bits per heavy atom. The second-order valence-corrected chi connectivity index (χ2v) is 3.93. The summed E-state index contributed by atoms with van der Waals surface area (Å²) in [5.74, 6) is 0.208. The Morgan fingerprint density at radius 2 is 1.22 bits per heavy atom. The van der Waals surface area contributed by atoms with Gasteiger partial charge in [0.2, 0.25) is 0 Å². The SMILES string of the molecule is O=C1N=C(c2ccccc2)N=C1c1ccccc1. The normalized spacial score (nSPS) is 14.3. The molecular formula is C15H10N2O. The zero-order chi connectivity index (χ0) is 12.4. The molecule has 0 saturated heterocycles. The van der Waals surface area contributed by atoms with Gasteiger partial charge >= 0.3 is 0 Å². The number of hydrogen-bond acceptors (Lipinski definition) is 2. The van der Waals surface area contributed by atoms with Crippen molar-refractivity contribution in [2.75, 3.05) is 0 Å². The van der Waals surface area contributed by atoms with Crippen LogP contribution in [0, 0.1) is 0 Å². The van der Waals surface area contributed by atoms with Crippen molar-refractivity contribution in [1.29, 1.82) is 0 Å². The number of benzene rings is 2. The number of nitrogens with zero attached hydrogens (tertiary/aromatic N) is 2. The highest BCUT2D eigenvalue weighted by molar-refractivity contribution is 6.51. The molecule has 3 nitrogen and oxygen atoms in total. The lowest BCUT2D eigenvalue weighted by molar-refractivity contribution is -0.111. The molecule has 1 amide bonds. The van der Waals surface area contributed by atoms with E-state index in [1.807, 2.05) is 60.7 Å². The lowest BCUT2D eigenvalue weighted by Crippen LogP contribution is -2.08. The summed E-state index contributed by atoms with van der Waals surface area (Å²) in [6.07, 6.45) is 0. The summed E-state index contributed by atoms with van der Waals surface area (Å²) >= 11 is 0.